The molecule has 0 aliphatic carbocycles. The highest BCUT2D eigenvalue weighted by Crippen LogP contribution is 2.09. The highest BCUT2D eigenvalue weighted by molar-refractivity contribution is 6.35. The summed E-state index contributed by atoms with van der Waals surface area (Å²) in [5.41, 5.74) is 0.992. The summed E-state index contributed by atoms with van der Waals surface area (Å²) < 4.78 is 0. The van der Waals surface area contributed by atoms with Crippen LogP contribution in [0.25, 0.3) is 0 Å². The molecule has 0 radical (unpaired) electrons. The van der Waals surface area contributed by atoms with Crippen LogP contribution in [0.2, 0.25) is 0 Å². The minimum absolute atomic E-state index is 0.212. The third kappa shape index (κ3) is 6.22. The van der Waals surface area contributed by atoms with Crippen molar-refractivity contribution in [1.29, 1.82) is 0 Å². The van der Waals surface area contributed by atoms with Gasteiger partial charge in [0.05, 0.1) is 0 Å². The van der Waals surface area contributed by atoms with Crippen molar-refractivity contribution in [2.75, 3.05) is 13.1 Å². The molecule has 1 rings (SSSR count). The number of carbonyl (C=O) groups excluding carboxylic acids is 2. The summed E-state index contributed by atoms with van der Waals surface area (Å²) in [6.45, 7) is 3.02. The molecule has 0 heterocycles. The van der Waals surface area contributed by atoms with E-state index in [2.05, 4.69) is 17.6 Å². The second-order valence-electron chi connectivity index (χ2n) is 4.64. The maximum atomic E-state index is 11.5. The van der Waals surface area contributed by atoms with Crippen molar-refractivity contribution >= 4 is 11.8 Å². The maximum Gasteiger partial charge on any atom is 0.309 e. The molecule has 20 heavy (non-hydrogen) atoms. The third-order valence-corrected chi connectivity index (χ3v) is 2.91. The molecule has 5 nitrogen and oxygen atoms in total. The Morgan fingerprint density at radius 2 is 1.60 bits per heavy atom. The monoisotopic (exact) mass is 278 g/mol. The Hall–Kier alpha value is -2.04. The Bertz CT molecular complexity index is 429. The fourth-order valence-electron chi connectivity index (χ4n) is 1.72. The molecule has 0 aliphatic rings. The molecule has 110 valence electrons. The van der Waals surface area contributed by atoms with Crippen LogP contribution < -0.4 is 10.6 Å². The smallest absolute Gasteiger partial charge is 0.309 e. The first-order valence-corrected chi connectivity index (χ1v) is 6.97. The van der Waals surface area contributed by atoms with Gasteiger partial charge in [-0.2, -0.15) is 0 Å². The summed E-state index contributed by atoms with van der Waals surface area (Å²) in [5, 5.41) is 14.3. The number of hydrogen-bond acceptors (Lipinski definition) is 3. The number of rotatable bonds is 7. The van der Waals surface area contributed by atoms with E-state index in [1.165, 1.54) is 0 Å². The summed E-state index contributed by atoms with van der Waals surface area (Å²) >= 11 is 0. The Balaban J connectivity index is 2.18. The van der Waals surface area contributed by atoms with Crippen LogP contribution >= 0.6 is 0 Å². The van der Waals surface area contributed by atoms with Gasteiger partial charge in [-0.3, -0.25) is 9.59 Å². The Labute approximate surface area is 119 Å². The van der Waals surface area contributed by atoms with E-state index >= 15 is 0 Å². The van der Waals surface area contributed by atoms with Crippen LogP contribution in [0.3, 0.4) is 0 Å². The van der Waals surface area contributed by atoms with Crippen molar-refractivity contribution in [3.8, 4) is 5.75 Å². The molecule has 1 aromatic rings. The maximum absolute atomic E-state index is 11.5. The van der Waals surface area contributed by atoms with E-state index in [-0.39, 0.29) is 5.75 Å². The van der Waals surface area contributed by atoms with E-state index < -0.39 is 11.8 Å². The zero-order valence-corrected chi connectivity index (χ0v) is 11.8. The van der Waals surface area contributed by atoms with Gasteiger partial charge in [0, 0.05) is 13.1 Å². The predicted octanol–water partition coefficient (Wildman–Crippen LogP) is 1.36. The van der Waals surface area contributed by atoms with Gasteiger partial charge in [-0.15, -0.1) is 0 Å². The van der Waals surface area contributed by atoms with E-state index in [0.29, 0.717) is 19.5 Å². The summed E-state index contributed by atoms with van der Waals surface area (Å²) in [6, 6.07) is 6.76. The Kier molecular flexibility index (Phi) is 7.17. The molecule has 2 amide bonds. The zero-order valence-electron chi connectivity index (χ0n) is 11.8. The molecule has 0 aliphatic heterocycles. The molecule has 0 saturated heterocycles. The lowest BCUT2D eigenvalue weighted by atomic mass is 10.1. The van der Waals surface area contributed by atoms with Crippen molar-refractivity contribution in [3.63, 3.8) is 0 Å². The molecule has 0 saturated carbocycles. The van der Waals surface area contributed by atoms with Crippen LogP contribution in [0.1, 0.15) is 31.7 Å². The highest BCUT2D eigenvalue weighted by atomic mass is 16.3. The minimum Gasteiger partial charge on any atom is -0.508 e. The number of aromatic hydroxyl groups is 1. The highest BCUT2D eigenvalue weighted by Gasteiger charge is 2.11. The molecular weight excluding hydrogens is 256 g/mol. The van der Waals surface area contributed by atoms with E-state index in [1.54, 1.807) is 24.3 Å². The zero-order chi connectivity index (χ0) is 14.8. The van der Waals surface area contributed by atoms with Crippen molar-refractivity contribution in [2.24, 2.45) is 0 Å². The summed E-state index contributed by atoms with van der Waals surface area (Å²) in [5.74, 6) is -0.962. The fraction of sp³-hybridized carbons (Fsp3) is 0.467. The van der Waals surface area contributed by atoms with E-state index in [9.17, 15) is 9.59 Å². The van der Waals surface area contributed by atoms with Gasteiger partial charge < -0.3 is 15.7 Å². The predicted molar refractivity (Wildman–Crippen MR) is 77.4 cm³/mol. The topological polar surface area (TPSA) is 78.4 Å². The quantitative estimate of drug-likeness (QED) is 0.520. The summed E-state index contributed by atoms with van der Waals surface area (Å²) in [6.07, 6.45) is 3.63. The van der Waals surface area contributed by atoms with Crippen LogP contribution in [0.4, 0.5) is 0 Å². The average molecular weight is 278 g/mol. The van der Waals surface area contributed by atoms with Gasteiger partial charge in [-0.05, 0) is 30.5 Å². The van der Waals surface area contributed by atoms with Gasteiger partial charge in [0.15, 0.2) is 0 Å². The summed E-state index contributed by atoms with van der Waals surface area (Å²) in [7, 11) is 0. The first-order chi connectivity index (χ1) is 9.63. The van der Waals surface area contributed by atoms with Gasteiger partial charge in [-0.25, -0.2) is 0 Å². The number of benzene rings is 1. The van der Waals surface area contributed by atoms with E-state index in [0.717, 1.165) is 24.8 Å². The number of phenolic OH excluding ortho intramolecular Hbond substituents is 1. The number of unbranched alkanes of at least 4 members (excludes halogenated alkanes) is 2. The molecule has 0 atom stereocenters. The van der Waals surface area contributed by atoms with Crippen molar-refractivity contribution in [1.82, 2.24) is 10.6 Å². The van der Waals surface area contributed by atoms with Crippen LogP contribution in [-0.2, 0) is 16.0 Å². The lowest BCUT2D eigenvalue weighted by Crippen LogP contribution is -2.40. The second-order valence-corrected chi connectivity index (χ2v) is 4.64. The number of phenols is 1. The average Bonchev–Trinajstić information content (AvgIpc) is 2.45. The van der Waals surface area contributed by atoms with Crippen LogP contribution in [0.15, 0.2) is 24.3 Å². The first kappa shape index (κ1) is 16.0. The largest absolute Gasteiger partial charge is 0.508 e. The van der Waals surface area contributed by atoms with Crippen molar-refractivity contribution in [2.45, 2.75) is 32.6 Å². The Morgan fingerprint density at radius 1 is 1.00 bits per heavy atom. The third-order valence-electron chi connectivity index (χ3n) is 2.91. The summed E-state index contributed by atoms with van der Waals surface area (Å²) in [4.78, 5) is 22.9. The normalized spacial score (nSPS) is 10.1. The molecule has 3 N–H and O–H groups in total. The number of nitrogens with one attached hydrogen (secondary N) is 2. The van der Waals surface area contributed by atoms with E-state index in [1.807, 2.05) is 0 Å². The molecule has 0 bridgehead atoms. The van der Waals surface area contributed by atoms with Gasteiger partial charge in [-0.1, -0.05) is 31.9 Å². The van der Waals surface area contributed by atoms with Crippen molar-refractivity contribution in [3.05, 3.63) is 29.8 Å². The lowest BCUT2D eigenvalue weighted by molar-refractivity contribution is -0.139. The molecule has 0 fully saturated rings. The molecule has 5 heteroatoms. The van der Waals surface area contributed by atoms with E-state index in [4.69, 9.17) is 5.11 Å². The van der Waals surface area contributed by atoms with Crippen molar-refractivity contribution < 1.29 is 14.7 Å². The number of hydrogen-bond donors (Lipinski definition) is 3. The number of amides is 2. The minimum atomic E-state index is -0.597. The molecule has 0 unspecified atom stereocenters. The standard InChI is InChI=1S/C15H22N2O3/c1-2-3-4-10-16-14(19)15(20)17-11-9-12-5-7-13(18)8-6-12/h5-8,18H,2-4,9-11H2,1H3,(H,16,19)(H,17,20). The molecule has 0 spiro atoms. The van der Waals surface area contributed by atoms with Gasteiger partial charge in [0.1, 0.15) is 5.75 Å². The lowest BCUT2D eigenvalue weighted by Gasteiger charge is -2.06. The van der Waals surface area contributed by atoms with Crippen LogP contribution in [0.5, 0.6) is 5.75 Å². The fourth-order valence-corrected chi connectivity index (χ4v) is 1.72. The SMILES string of the molecule is CCCCCNC(=O)C(=O)NCCc1ccc(O)cc1. The first-order valence-electron chi connectivity index (χ1n) is 6.97. The number of carbonyl (C=O) groups is 2. The van der Waals surface area contributed by atoms with Gasteiger partial charge in [0.25, 0.3) is 0 Å². The van der Waals surface area contributed by atoms with Gasteiger partial charge in [0.2, 0.25) is 0 Å². The van der Waals surface area contributed by atoms with Crippen LogP contribution in [0, 0.1) is 0 Å². The van der Waals surface area contributed by atoms with Crippen LogP contribution in [-0.4, -0.2) is 30.0 Å². The molecular formula is C15H22N2O3. The molecule has 0 aromatic heterocycles. The second kappa shape index (κ2) is 8.96. The Morgan fingerprint density at radius 3 is 2.20 bits per heavy atom. The van der Waals surface area contributed by atoms with Gasteiger partial charge >= 0.3 is 11.8 Å². The molecule has 1 aromatic carbocycles.